The van der Waals surface area contributed by atoms with Crippen LogP contribution in [0.15, 0.2) is 48.5 Å². The fourth-order valence-corrected chi connectivity index (χ4v) is 2.32. The summed E-state index contributed by atoms with van der Waals surface area (Å²) in [5, 5.41) is 5.18. The lowest BCUT2D eigenvalue weighted by atomic mass is 10.0. The van der Waals surface area contributed by atoms with Crippen LogP contribution in [0.25, 0.3) is 11.1 Å². The Kier molecular flexibility index (Phi) is 6.60. The Morgan fingerprint density at radius 1 is 0.778 bits per heavy atom. The van der Waals surface area contributed by atoms with E-state index in [0.29, 0.717) is 11.1 Å². The quantitative estimate of drug-likeness (QED) is 0.787. The molecule has 0 unspecified atom stereocenters. The van der Waals surface area contributed by atoms with Crippen molar-refractivity contribution in [2.75, 3.05) is 6.54 Å². The molecule has 0 radical (unpaired) electrons. The van der Waals surface area contributed by atoms with Crippen LogP contribution in [0.1, 0.15) is 41.5 Å². The van der Waals surface area contributed by atoms with Gasteiger partial charge in [-0.2, -0.15) is 0 Å². The SMILES string of the molecule is CC(=O)CNC(=O)c1ccc(-c2ccc(C(=O)N[C@H](C)C(C)=O)cc2)cc1. The molecule has 0 fully saturated rings. The Balaban J connectivity index is 2.06. The molecule has 140 valence electrons. The molecular weight excluding hydrogens is 344 g/mol. The second kappa shape index (κ2) is 8.89. The molecule has 2 rings (SSSR count). The number of carbonyl (C=O) groups is 4. The van der Waals surface area contributed by atoms with Gasteiger partial charge in [-0.1, -0.05) is 24.3 Å². The third-order valence-electron chi connectivity index (χ3n) is 4.08. The molecule has 0 aromatic heterocycles. The number of Topliss-reactive ketones (excluding diaryl/α,β-unsaturated/α-hetero) is 2. The lowest BCUT2D eigenvalue weighted by Gasteiger charge is -2.11. The monoisotopic (exact) mass is 366 g/mol. The smallest absolute Gasteiger partial charge is 0.251 e. The first-order valence-electron chi connectivity index (χ1n) is 8.57. The van der Waals surface area contributed by atoms with Crippen LogP contribution in [0.2, 0.25) is 0 Å². The molecule has 2 aromatic rings. The van der Waals surface area contributed by atoms with Crippen molar-refractivity contribution in [1.82, 2.24) is 10.6 Å². The van der Waals surface area contributed by atoms with E-state index < -0.39 is 6.04 Å². The molecule has 0 aliphatic carbocycles. The van der Waals surface area contributed by atoms with E-state index in [1.165, 1.54) is 13.8 Å². The molecule has 27 heavy (non-hydrogen) atoms. The van der Waals surface area contributed by atoms with Crippen molar-refractivity contribution in [3.63, 3.8) is 0 Å². The second-order valence-electron chi connectivity index (χ2n) is 6.35. The van der Waals surface area contributed by atoms with E-state index >= 15 is 0 Å². The van der Waals surface area contributed by atoms with Gasteiger partial charge in [0.15, 0.2) is 5.78 Å². The lowest BCUT2D eigenvalue weighted by Crippen LogP contribution is -2.37. The highest BCUT2D eigenvalue weighted by Crippen LogP contribution is 2.20. The molecule has 2 amide bonds. The van der Waals surface area contributed by atoms with E-state index in [1.807, 2.05) is 0 Å². The van der Waals surface area contributed by atoms with Gasteiger partial charge in [-0.25, -0.2) is 0 Å². The third-order valence-corrected chi connectivity index (χ3v) is 4.08. The summed E-state index contributed by atoms with van der Waals surface area (Å²) >= 11 is 0. The molecule has 0 heterocycles. The van der Waals surface area contributed by atoms with Crippen LogP contribution in [0.5, 0.6) is 0 Å². The van der Waals surface area contributed by atoms with Gasteiger partial charge in [0.25, 0.3) is 11.8 Å². The standard InChI is InChI=1S/C21H22N2O4/c1-13(24)12-22-20(26)18-8-4-16(5-9-18)17-6-10-19(11-7-17)21(27)23-14(2)15(3)25/h4-11,14H,12H2,1-3H3,(H,22,26)(H,23,27)/t14-/m1/s1. The maximum atomic E-state index is 12.1. The third kappa shape index (κ3) is 5.60. The maximum absolute atomic E-state index is 12.1. The normalized spacial score (nSPS) is 11.4. The fourth-order valence-electron chi connectivity index (χ4n) is 2.32. The van der Waals surface area contributed by atoms with Gasteiger partial charge >= 0.3 is 0 Å². The van der Waals surface area contributed by atoms with Crippen LogP contribution in [0.3, 0.4) is 0 Å². The predicted octanol–water partition coefficient (Wildman–Crippen LogP) is 2.38. The molecule has 2 N–H and O–H groups in total. The first kappa shape index (κ1) is 20.0. The molecule has 6 heteroatoms. The number of benzene rings is 2. The molecular formula is C21H22N2O4. The average Bonchev–Trinajstić information content (AvgIpc) is 2.66. The minimum absolute atomic E-state index is 0.00631. The zero-order valence-electron chi connectivity index (χ0n) is 15.5. The van der Waals surface area contributed by atoms with E-state index in [4.69, 9.17) is 0 Å². The Bertz CT molecular complexity index is 855. The molecule has 2 aromatic carbocycles. The number of amides is 2. The van der Waals surface area contributed by atoms with Gasteiger partial charge in [-0.3, -0.25) is 19.2 Å². The number of rotatable bonds is 7. The number of hydrogen-bond donors (Lipinski definition) is 2. The van der Waals surface area contributed by atoms with Crippen molar-refractivity contribution in [2.45, 2.75) is 26.8 Å². The van der Waals surface area contributed by atoms with Crippen LogP contribution in [0, 0.1) is 0 Å². The van der Waals surface area contributed by atoms with Crippen LogP contribution in [-0.2, 0) is 9.59 Å². The lowest BCUT2D eigenvalue weighted by molar-refractivity contribution is -0.118. The van der Waals surface area contributed by atoms with Crippen LogP contribution < -0.4 is 10.6 Å². The summed E-state index contributed by atoms with van der Waals surface area (Å²) in [7, 11) is 0. The summed E-state index contributed by atoms with van der Waals surface area (Å²) in [5.74, 6) is -0.820. The maximum Gasteiger partial charge on any atom is 0.251 e. The van der Waals surface area contributed by atoms with Crippen molar-refractivity contribution in [1.29, 1.82) is 0 Å². The number of carbonyl (C=O) groups excluding carboxylic acids is 4. The van der Waals surface area contributed by atoms with E-state index in [2.05, 4.69) is 10.6 Å². The summed E-state index contributed by atoms with van der Waals surface area (Å²) in [5.41, 5.74) is 2.71. The number of hydrogen-bond acceptors (Lipinski definition) is 4. The van der Waals surface area contributed by atoms with E-state index in [0.717, 1.165) is 11.1 Å². The average molecular weight is 366 g/mol. The fraction of sp³-hybridized carbons (Fsp3) is 0.238. The van der Waals surface area contributed by atoms with E-state index in [9.17, 15) is 19.2 Å². The zero-order chi connectivity index (χ0) is 20.0. The summed E-state index contributed by atoms with van der Waals surface area (Å²) in [4.78, 5) is 46.2. The molecule has 0 aliphatic heterocycles. The second-order valence-corrected chi connectivity index (χ2v) is 6.35. The van der Waals surface area contributed by atoms with Crippen molar-refractivity contribution < 1.29 is 19.2 Å². The van der Waals surface area contributed by atoms with Gasteiger partial charge in [0.2, 0.25) is 0 Å². The predicted molar refractivity (Wildman–Crippen MR) is 103 cm³/mol. The van der Waals surface area contributed by atoms with Gasteiger partial charge in [0, 0.05) is 11.1 Å². The summed E-state index contributed by atoms with van der Waals surface area (Å²) in [6, 6.07) is 13.4. The Morgan fingerprint density at radius 3 is 1.63 bits per heavy atom. The van der Waals surface area contributed by atoms with Crippen molar-refractivity contribution >= 4 is 23.4 Å². The minimum atomic E-state index is -0.529. The molecule has 6 nitrogen and oxygen atoms in total. The van der Waals surface area contributed by atoms with Crippen molar-refractivity contribution in [2.24, 2.45) is 0 Å². The highest BCUT2D eigenvalue weighted by molar-refractivity contribution is 5.98. The summed E-state index contributed by atoms with van der Waals surface area (Å²) < 4.78 is 0. The highest BCUT2D eigenvalue weighted by atomic mass is 16.2. The Labute approximate surface area is 158 Å². The number of nitrogens with one attached hydrogen (secondary N) is 2. The van der Waals surface area contributed by atoms with E-state index in [-0.39, 0.29) is 29.9 Å². The van der Waals surface area contributed by atoms with E-state index in [1.54, 1.807) is 55.5 Å². The molecule has 0 spiro atoms. The van der Waals surface area contributed by atoms with Gasteiger partial charge in [0.05, 0.1) is 12.6 Å². The van der Waals surface area contributed by atoms with Crippen molar-refractivity contribution in [3.8, 4) is 11.1 Å². The largest absolute Gasteiger partial charge is 0.345 e. The molecule has 0 saturated carbocycles. The molecule has 1 atom stereocenters. The Hall–Kier alpha value is -3.28. The van der Waals surface area contributed by atoms with Crippen LogP contribution in [0.4, 0.5) is 0 Å². The highest BCUT2D eigenvalue weighted by Gasteiger charge is 2.13. The molecule has 0 aliphatic rings. The van der Waals surface area contributed by atoms with Gasteiger partial charge in [0.1, 0.15) is 5.78 Å². The minimum Gasteiger partial charge on any atom is -0.345 e. The summed E-state index contributed by atoms with van der Waals surface area (Å²) in [6.45, 7) is 4.49. The van der Waals surface area contributed by atoms with Gasteiger partial charge in [-0.05, 0) is 56.2 Å². The molecule has 0 saturated heterocycles. The zero-order valence-corrected chi connectivity index (χ0v) is 15.5. The van der Waals surface area contributed by atoms with Crippen molar-refractivity contribution in [3.05, 3.63) is 59.7 Å². The Morgan fingerprint density at radius 2 is 1.22 bits per heavy atom. The molecule has 0 bridgehead atoms. The summed E-state index contributed by atoms with van der Waals surface area (Å²) in [6.07, 6.45) is 0. The van der Waals surface area contributed by atoms with Gasteiger partial charge < -0.3 is 10.6 Å². The van der Waals surface area contributed by atoms with Gasteiger partial charge in [-0.15, -0.1) is 0 Å². The van der Waals surface area contributed by atoms with Crippen LogP contribution in [-0.4, -0.2) is 36.0 Å². The van der Waals surface area contributed by atoms with Crippen LogP contribution >= 0.6 is 0 Å². The number of ketones is 2. The first-order valence-corrected chi connectivity index (χ1v) is 8.57. The first-order chi connectivity index (χ1) is 12.8. The topological polar surface area (TPSA) is 92.3 Å².